The van der Waals surface area contributed by atoms with Gasteiger partial charge in [0.2, 0.25) is 5.91 Å². The second-order valence-electron chi connectivity index (χ2n) is 6.34. The summed E-state index contributed by atoms with van der Waals surface area (Å²) in [6.07, 6.45) is 2.19. The molecule has 1 amide bonds. The Morgan fingerprint density at radius 1 is 1.14 bits per heavy atom. The Labute approximate surface area is 170 Å². The fraction of sp³-hybridized carbons (Fsp3) is 0.250. The van der Waals surface area contributed by atoms with Crippen molar-refractivity contribution in [3.05, 3.63) is 70.5 Å². The van der Waals surface area contributed by atoms with Crippen molar-refractivity contribution >= 4 is 34.5 Å². The van der Waals surface area contributed by atoms with Gasteiger partial charge in [0.1, 0.15) is 11.6 Å². The molecule has 0 saturated carbocycles. The fourth-order valence-electron chi connectivity index (χ4n) is 2.97. The maximum absolute atomic E-state index is 13.0. The number of thioether (sulfide) groups is 1. The van der Waals surface area contributed by atoms with Gasteiger partial charge < -0.3 is 10.4 Å². The Morgan fingerprint density at radius 2 is 1.83 bits per heavy atom. The second kappa shape index (κ2) is 9.33. The van der Waals surface area contributed by atoms with Crippen LogP contribution in [0.1, 0.15) is 24.1 Å². The van der Waals surface area contributed by atoms with Crippen LogP contribution in [-0.4, -0.2) is 44.0 Å². The number of benzene rings is 2. The average molecular weight is 412 g/mol. The predicted octanol–water partition coefficient (Wildman–Crippen LogP) is 2.03. The molecule has 2 aromatic carbocycles. The summed E-state index contributed by atoms with van der Waals surface area (Å²) >= 11 is 1.51. The number of nitrogens with one attached hydrogen (secondary N) is 1. The quantitative estimate of drug-likeness (QED) is 0.582. The molecular weight excluding hydrogens is 392 g/mol. The lowest BCUT2D eigenvalue weighted by Crippen LogP contribution is -2.42. The van der Waals surface area contributed by atoms with E-state index in [9.17, 15) is 19.5 Å². The molecule has 0 saturated heterocycles. The SMILES string of the molecule is CSCCC(C(=O)NC(C(=O)O)c1ccccc1)n1nnc2ccccc2c1=O. The summed E-state index contributed by atoms with van der Waals surface area (Å²) in [4.78, 5) is 37.6. The van der Waals surface area contributed by atoms with Crippen molar-refractivity contribution < 1.29 is 14.7 Å². The Morgan fingerprint density at radius 3 is 2.52 bits per heavy atom. The molecule has 0 aliphatic rings. The number of aromatic nitrogens is 3. The molecule has 1 aromatic heterocycles. The number of aliphatic carboxylic acids is 1. The average Bonchev–Trinajstić information content (AvgIpc) is 2.74. The third-order valence-electron chi connectivity index (χ3n) is 4.45. The highest BCUT2D eigenvalue weighted by molar-refractivity contribution is 7.98. The second-order valence-corrected chi connectivity index (χ2v) is 7.33. The summed E-state index contributed by atoms with van der Waals surface area (Å²) in [5, 5.41) is 20.5. The van der Waals surface area contributed by atoms with E-state index in [2.05, 4.69) is 15.6 Å². The first-order chi connectivity index (χ1) is 14.0. The molecule has 9 heteroatoms. The zero-order valence-corrected chi connectivity index (χ0v) is 16.5. The standard InChI is InChI=1S/C20H20N4O4S/c1-29-12-11-16(24-19(26)14-9-5-6-10-15(14)22-23-24)18(25)21-17(20(27)28)13-7-3-2-4-8-13/h2-10,16-17H,11-12H2,1H3,(H,21,25)(H,27,28). The first-order valence-electron chi connectivity index (χ1n) is 8.94. The van der Waals surface area contributed by atoms with Crippen molar-refractivity contribution in [2.45, 2.75) is 18.5 Å². The van der Waals surface area contributed by atoms with Crippen LogP contribution in [0, 0.1) is 0 Å². The van der Waals surface area contributed by atoms with Crippen LogP contribution < -0.4 is 10.9 Å². The van der Waals surface area contributed by atoms with Gasteiger partial charge in [-0.2, -0.15) is 16.4 Å². The molecule has 2 N–H and O–H groups in total. The van der Waals surface area contributed by atoms with Crippen molar-refractivity contribution in [2.24, 2.45) is 0 Å². The number of carbonyl (C=O) groups excluding carboxylic acids is 1. The van der Waals surface area contributed by atoms with Gasteiger partial charge >= 0.3 is 5.97 Å². The van der Waals surface area contributed by atoms with Gasteiger partial charge in [-0.15, -0.1) is 5.10 Å². The van der Waals surface area contributed by atoms with Gasteiger partial charge in [0.15, 0.2) is 6.04 Å². The van der Waals surface area contributed by atoms with Gasteiger partial charge in [-0.1, -0.05) is 47.7 Å². The minimum atomic E-state index is -1.23. The molecule has 0 spiro atoms. The molecule has 150 valence electrons. The van der Waals surface area contributed by atoms with Gasteiger partial charge in [0.05, 0.1) is 5.39 Å². The van der Waals surface area contributed by atoms with Crippen LogP contribution in [0.15, 0.2) is 59.4 Å². The molecule has 8 nitrogen and oxygen atoms in total. The van der Waals surface area contributed by atoms with Crippen LogP contribution in [0.5, 0.6) is 0 Å². The Hall–Kier alpha value is -3.20. The number of amides is 1. The van der Waals surface area contributed by atoms with Gasteiger partial charge in [0.25, 0.3) is 5.56 Å². The zero-order valence-electron chi connectivity index (χ0n) is 15.7. The molecule has 0 aliphatic heterocycles. The van der Waals surface area contributed by atoms with Crippen molar-refractivity contribution in [2.75, 3.05) is 12.0 Å². The number of rotatable bonds is 8. The maximum Gasteiger partial charge on any atom is 0.330 e. The van der Waals surface area contributed by atoms with Crippen LogP contribution in [0.2, 0.25) is 0 Å². The van der Waals surface area contributed by atoms with E-state index in [-0.39, 0.29) is 0 Å². The molecule has 2 unspecified atom stereocenters. The molecule has 0 fully saturated rings. The minimum absolute atomic E-state index is 0.307. The van der Waals surface area contributed by atoms with Crippen molar-refractivity contribution in [3.8, 4) is 0 Å². The van der Waals surface area contributed by atoms with Crippen molar-refractivity contribution in [3.63, 3.8) is 0 Å². The normalized spacial score (nSPS) is 13.0. The zero-order chi connectivity index (χ0) is 20.8. The van der Waals surface area contributed by atoms with Crippen LogP contribution in [-0.2, 0) is 9.59 Å². The number of carboxylic acid groups (broad SMARTS) is 1. The van der Waals surface area contributed by atoms with Gasteiger partial charge in [-0.05, 0) is 36.1 Å². The number of hydrogen-bond acceptors (Lipinski definition) is 6. The summed E-state index contributed by atoms with van der Waals surface area (Å²) < 4.78 is 1.04. The Kier molecular flexibility index (Phi) is 6.61. The van der Waals surface area contributed by atoms with Gasteiger partial charge in [-0.3, -0.25) is 9.59 Å². The molecule has 0 aliphatic carbocycles. The minimum Gasteiger partial charge on any atom is -0.479 e. The summed E-state index contributed by atoms with van der Waals surface area (Å²) in [6, 6.07) is 12.9. The first-order valence-corrected chi connectivity index (χ1v) is 10.3. The Balaban J connectivity index is 1.96. The molecule has 0 bridgehead atoms. The molecular formula is C20H20N4O4S. The summed E-state index contributed by atoms with van der Waals surface area (Å²) in [5.74, 6) is -1.20. The molecule has 1 heterocycles. The molecule has 29 heavy (non-hydrogen) atoms. The topological polar surface area (TPSA) is 114 Å². The molecule has 3 rings (SSSR count). The van der Waals surface area contributed by atoms with E-state index in [4.69, 9.17) is 0 Å². The number of carboxylic acids is 1. The van der Waals surface area contributed by atoms with E-state index in [1.165, 1.54) is 11.8 Å². The van der Waals surface area contributed by atoms with Crippen LogP contribution >= 0.6 is 11.8 Å². The lowest BCUT2D eigenvalue weighted by molar-refractivity contribution is -0.142. The monoisotopic (exact) mass is 412 g/mol. The molecule has 3 aromatic rings. The van der Waals surface area contributed by atoms with E-state index >= 15 is 0 Å². The maximum atomic E-state index is 13.0. The predicted molar refractivity (Wildman–Crippen MR) is 111 cm³/mol. The number of carbonyl (C=O) groups is 2. The number of nitrogens with zero attached hydrogens (tertiary/aromatic N) is 3. The lowest BCUT2D eigenvalue weighted by Gasteiger charge is -2.21. The number of fused-ring (bicyclic) bond motifs is 1. The fourth-order valence-corrected chi connectivity index (χ4v) is 3.43. The molecule has 2 atom stereocenters. The van der Waals surface area contributed by atoms with E-state index < -0.39 is 29.5 Å². The van der Waals surface area contributed by atoms with E-state index in [0.29, 0.717) is 28.6 Å². The van der Waals surface area contributed by atoms with Gasteiger partial charge in [-0.25, -0.2) is 4.79 Å². The number of hydrogen-bond donors (Lipinski definition) is 2. The van der Waals surface area contributed by atoms with Crippen molar-refractivity contribution in [1.29, 1.82) is 0 Å². The van der Waals surface area contributed by atoms with E-state index in [1.54, 1.807) is 54.6 Å². The molecule has 0 radical (unpaired) electrons. The highest BCUT2D eigenvalue weighted by Gasteiger charge is 2.29. The highest BCUT2D eigenvalue weighted by Crippen LogP contribution is 2.18. The lowest BCUT2D eigenvalue weighted by atomic mass is 10.1. The third kappa shape index (κ3) is 4.62. The summed E-state index contributed by atoms with van der Waals surface area (Å²) in [6.45, 7) is 0. The highest BCUT2D eigenvalue weighted by atomic mass is 32.2. The van der Waals surface area contributed by atoms with Crippen molar-refractivity contribution in [1.82, 2.24) is 20.3 Å². The third-order valence-corrected chi connectivity index (χ3v) is 5.10. The van der Waals surface area contributed by atoms with Crippen LogP contribution in [0.4, 0.5) is 0 Å². The smallest absolute Gasteiger partial charge is 0.330 e. The summed E-state index contributed by atoms with van der Waals surface area (Å²) in [7, 11) is 0. The van der Waals surface area contributed by atoms with E-state index in [0.717, 1.165) is 4.68 Å². The van der Waals surface area contributed by atoms with Crippen LogP contribution in [0.25, 0.3) is 10.9 Å². The summed E-state index contributed by atoms with van der Waals surface area (Å²) in [5.41, 5.74) is 0.433. The first kappa shape index (κ1) is 20.5. The largest absolute Gasteiger partial charge is 0.479 e. The van der Waals surface area contributed by atoms with Gasteiger partial charge in [0, 0.05) is 0 Å². The van der Waals surface area contributed by atoms with E-state index in [1.807, 2.05) is 6.26 Å². The Bertz CT molecular complexity index is 1070. The van der Waals surface area contributed by atoms with Crippen LogP contribution in [0.3, 0.4) is 0 Å².